The van der Waals surface area contributed by atoms with Crippen LogP contribution in [0, 0.1) is 55.4 Å². The topological polar surface area (TPSA) is 29.1 Å². The van der Waals surface area contributed by atoms with Crippen molar-refractivity contribution < 1.29 is 9.05 Å². The van der Waals surface area contributed by atoms with Gasteiger partial charge in [0.1, 0.15) is 30.3 Å². The Labute approximate surface area is 356 Å². The second kappa shape index (κ2) is 15.8. The quantitative estimate of drug-likeness (QED) is 0.0751. The second-order valence-electron chi connectivity index (χ2n) is 17.7. The third-order valence-electron chi connectivity index (χ3n) is 13.1. The highest BCUT2D eigenvalue weighted by molar-refractivity contribution is 6.14. The lowest BCUT2D eigenvalue weighted by atomic mass is 9.91. The molecule has 6 heteroatoms. The smallest absolute Gasteiger partial charge is 0.291 e. The van der Waals surface area contributed by atoms with E-state index in [2.05, 4.69) is 180 Å². The summed E-state index contributed by atoms with van der Waals surface area (Å²) < 4.78 is 21.8. The molecule has 10 rings (SSSR count). The Morgan fingerprint density at radius 2 is 1.38 bits per heavy atom. The molecule has 3 atom stereocenters. The highest BCUT2D eigenvalue weighted by Crippen LogP contribution is 2.53. The van der Waals surface area contributed by atoms with Crippen molar-refractivity contribution in [3.63, 3.8) is 0 Å². The molecule has 2 aliphatic heterocycles. The number of nitrogens with zero attached hydrogens (tertiary/aromatic N) is 5. The third kappa shape index (κ3) is 6.74. The van der Waals surface area contributed by atoms with E-state index in [9.17, 15) is 4.48 Å². The summed E-state index contributed by atoms with van der Waals surface area (Å²) in [6.45, 7) is 26.6. The zero-order valence-electron chi connectivity index (χ0n) is 37.8. The molecule has 0 amide bonds. The summed E-state index contributed by atoms with van der Waals surface area (Å²) in [6, 6.07) is 30.5. The average Bonchev–Trinajstić information content (AvgIpc) is 3.65. The fourth-order valence-corrected chi connectivity index (χ4v) is 10.1. The maximum Gasteiger partial charge on any atom is 0.294 e. The van der Waals surface area contributed by atoms with Crippen LogP contribution in [0.3, 0.4) is 0 Å². The van der Waals surface area contributed by atoms with Gasteiger partial charge < -0.3 is 0 Å². The number of hydrogen-bond donors (Lipinski definition) is 0. The van der Waals surface area contributed by atoms with E-state index in [0.717, 1.165) is 50.6 Å². The molecule has 0 saturated carbocycles. The number of imidazole rings is 2. The molecular weight excluding hydrogens is 738 g/mol. The van der Waals surface area contributed by atoms with Crippen molar-refractivity contribution in [3.05, 3.63) is 153 Å². The Bertz CT molecular complexity index is 2890. The highest BCUT2D eigenvalue weighted by atomic mass is 19.2. The molecular formula is C54H61FN5+. The first-order valence-corrected chi connectivity index (χ1v) is 21.9. The molecule has 3 unspecified atom stereocenters. The number of fused-ring (bicyclic) bond motifs is 9. The van der Waals surface area contributed by atoms with Crippen LogP contribution in [0.2, 0.25) is 0 Å². The fraction of sp³-hybridized carbons (Fsp3) is 0.333. The first-order valence-electron chi connectivity index (χ1n) is 21.9. The maximum atomic E-state index is 14.8. The zero-order chi connectivity index (χ0) is 42.8. The summed E-state index contributed by atoms with van der Waals surface area (Å²) in [4.78, 5) is 5.18. The van der Waals surface area contributed by atoms with Crippen LogP contribution >= 0.6 is 0 Å². The molecule has 308 valence electrons. The van der Waals surface area contributed by atoms with Crippen molar-refractivity contribution in [1.82, 2.24) is 19.1 Å². The Balaban J connectivity index is 0.000000163. The minimum Gasteiger partial charge on any atom is -0.291 e. The number of aromatic nitrogens is 4. The summed E-state index contributed by atoms with van der Waals surface area (Å²) in [5.74, 6) is 1.29. The molecule has 0 bridgehead atoms. The van der Waals surface area contributed by atoms with Crippen LogP contribution in [0.25, 0.3) is 55.7 Å². The second-order valence-corrected chi connectivity index (χ2v) is 17.7. The van der Waals surface area contributed by atoms with Gasteiger partial charge in [-0.05, 0) is 120 Å². The summed E-state index contributed by atoms with van der Waals surface area (Å²) in [5.41, 5.74) is 18.8. The van der Waals surface area contributed by atoms with E-state index in [1.54, 1.807) is 0 Å². The first-order chi connectivity index (χ1) is 28.7. The molecule has 0 aliphatic carbocycles. The lowest BCUT2D eigenvalue weighted by Crippen LogP contribution is -2.30. The maximum absolute atomic E-state index is 14.8. The summed E-state index contributed by atoms with van der Waals surface area (Å²) in [6.07, 6.45) is 8.46. The molecule has 0 spiro atoms. The third-order valence-corrected chi connectivity index (χ3v) is 13.1. The van der Waals surface area contributed by atoms with Gasteiger partial charge in [0.25, 0.3) is 5.82 Å². The summed E-state index contributed by atoms with van der Waals surface area (Å²) >= 11 is 0. The van der Waals surface area contributed by atoms with Crippen molar-refractivity contribution in [2.75, 3.05) is 0 Å². The van der Waals surface area contributed by atoms with Gasteiger partial charge in [-0.15, -0.1) is 9.60 Å². The van der Waals surface area contributed by atoms with Gasteiger partial charge >= 0.3 is 0 Å². The Morgan fingerprint density at radius 1 is 0.750 bits per heavy atom. The highest BCUT2D eigenvalue weighted by Gasteiger charge is 2.60. The Hall–Kier alpha value is -5.59. The van der Waals surface area contributed by atoms with Crippen LogP contribution in [-0.2, 0) is 12.1 Å². The number of hydrogen-bond acceptors (Lipinski definition) is 2. The van der Waals surface area contributed by atoms with E-state index in [-0.39, 0.29) is 6.04 Å². The van der Waals surface area contributed by atoms with E-state index in [1.165, 1.54) is 91.8 Å². The molecule has 8 aromatic rings. The van der Waals surface area contributed by atoms with E-state index in [0.29, 0.717) is 0 Å². The average molecular weight is 799 g/mol. The van der Waals surface area contributed by atoms with Crippen LogP contribution in [-0.4, -0.2) is 25.1 Å². The minimum atomic E-state index is -0.645. The number of rotatable bonds is 5. The lowest BCUT2D eigenvalue weighted by molar-refractivity contribution is -0.671. The lowest BCUT2D eigenvalue weighted by Gasteiger charge is -2.18. The van der Waals surface area contributed by atoms with Crippen molar-refractivity contribution in [2.24, 2.45) is 0 Å². The summed E-state index contributed by atoms with van der Waals surface area (Å²) in [7, 11) is 0. The minimum absolute atomic E-state index is 0.163. The Morgan fingerprint density at radius 3 is 2.00 bits per heavy atom. The van der Waals surface area contributed by atoms with E-state index < -0.39 is 5.54 Å². The van der Waals surface area contributed by atoms with Gasteiger partial charge in [0.05, 0.1) is 34.0 Å². The van der Waals surface area contributed by atoms with Gasteiger partial charge in [0, 0.05) is 21.9 Å². The summed E-state index contributed by atoms with van der Waals surface area (Å²) in [5, 5.41) is 4.30. The number of halogens is 1. The molecule has 3 aromatic heterocycles. The molecule has 0 N–H and O–H groups in total. The molecule has 1 saturated heterocycles. The standard InChI is InChI=1S/C30H30FN3.C19H19N2.C5H12/c1-16-11-12-22-23-9-8-10-24(30(7)21(6)34(30)31)27(23)29-32-20(5)28(33(29)25(22)15-16)26-18(3)13-17(2)14-19(26)4;1-13-10-14(2)18(15(3)11-13)21-9-8-20-12-16-6-4-5-7-17(16)19(20)21;1-3-5-4-2/h8-15,21H,1-7H3;4-11H,12H2,1-3H3;3-5H2,1-2H3/q;+1;. The normalized spacial score (nSPS) is 17.6. The van der Waals surface area contributed by atoms with Gasteiger partial charge in [-0.1, -0.05) is 117 Å². The van der Waals surface area contributed by atoms with Crippen molar-refractivity contribution in [3.8, 4) is 28.3 Å². The van der Waals surface area contributed by atoms with E-state index in [4.69, 9.17) is 4.98 Å². The van der Waals surface area contributed by atoms with Crippen LogP contribution < -0.4 is 4.57 Å². The van der Waals surface area contributed by atoms with Crippen molar-refractivity contribution >= 4 is 27.3 Å². The van der Waals surface area contributed by atoms with E-state index in [1.807, 2.05) is 13.8 Å². The number of benzene rings is 5. The molecule has 5 heterocycles. The van der Waals surface area contributed by atoms with Crippen molar-refractivity contribution in [1.29, 1.82) is 0 Å². The zero-order valence-corrected chi connectivity index (χ0v) is 37.8. The first kappa shape index (κ1) is 41.2. The number of unbranched alkanes of at least 4 members (excludes halogenated alkanes) is 2. The molecule has 60 heavy (non-hydrogen) atoms. The molecule has 2 aliphatic rings. The predicted octanol–water partition coefficient (Wildman–Crippen LogP) is 13.6. The monoisotopic (exact) mass is 798 g/mol. The van der Waals surface area contributed by atoms with Gasteiger partial charge in [-0.3, -0.25) is 4.40 Å². The predicted molar refractivity (Wildman–Crippen MR) is 249 cm³/mol. The number of aryl methyl sites for hydroxylation is 8. The largest absolute Gasteiger partial charge is 0.294 e. The van der Waals surface area contributed by atoms with Gasteiger partial charge in [-0.2, -0.15) is 4.57 Å². The van der Waals surface area contributed by atoms with E-state index >= 15 is 0 Å². The van der Waals surface area contributed by atoms with Gasteiger partial charge in [-0.25, -0.2) is 9.55 Å². The molecule has 0 radical (unpaired) electrons. The molecule has 1 fully saturated rings. The van der Waals surface area contributed by atoms with Crippen LogP contribution in [0.1, 0.15) is 103 Å². The Kier molecular flexibility index (Phi) is 10.8. The fourth-order valence-electron chi connectivity index (χ4n) is 10.1. The molecule has 5 aromatic carbocycles. The molecule has 5 nitrogen and oxygen atoms in total. The van der Waals surface area contributed by atoms with Crippen molar-refractivity contribution in [2.45, 2.75) is 120 Å². The number of pyridine rings is 1. The van der Waals surface area contributed by atoms with Crippen LogP contribution in [0.15, 0.2) is 97.3 Å². The van der Waals surface area contributed by atoms with Crippen LogP contribution in [0.5, 0.6) is 0 Å². The SMILES string of the molecule is CCCCC.Cc1cc(C)c(-c2c(C)nc3c4c(C5(C)C(C)N5F)cccc4c4ccc(C)cc4n23)c(C)c1.Cc1cc(C)c(-n2cc[n+]3c2-c2ccccc2C3)c(C)c1. The van der Waals surface area contributed by atoms with Crippen LogP contribution in [0.4, 0.5) is 4.48 Å². The van der Waals surface area contributed by atoms with Gasteiger partial charge in [0.15, 0.2) is 0 Å². The van der Waals surface area contributed by atoms with Gasteiger partial charge in [0.2, 0.25) is 0 Å².